The Kier molecular flexibility index (Phi) is 16.0. The largest absolute Gasteiger partial charge is 0.505 e. The van der Waals surface area contributed by atoms with Gasteiger partial charge < -0.3 is 26.2 Å². The van der Waals surface area contributed by atoms with Crippen molar-refractivity contribution in [1.29, 1.82) is 0 Å². The molecule has 0 heterocycles. The minimum atomic E-state index is -5.82. The van der Waals surface area contributed by atoms with Crippen LogP contribution in [-0.4, -0.2) is 117 Å². The van der Waals surface area contributed by atoms with E-state index >= 15 is 0 Å². The molecular weight excluding hydrogens is 1330 g/mol. The summed E-state index contributed by atoms with van der Waals surface area (Å²) in [5.74, 6) is -5.73. The van der Waals surface area contributed by atoms with Crippen LogP contribution in [0.1, 0.15) is 10.4 Å². The number of phenols is 3. The first kappa shape index (κ1) is 63.9. The van der Waals surface area contributed by atoms with Gasteiger partial charge >= 0.3 is 5.97 Å². The van der Waals surface area contributed by atoms with E-state index < -0.39 is 212 Å². The van der Waals surface area contributed by atoms with Crippen molar-refractivity contribution in [2.24, 2.45) is 40.9 Å². The summed E-state index contributed by atoms with van der Waals surface area (Å²) >= 11 is 0. The van der Waals surface area contributed by atoms with Gasteiger partial charge in [0.05, 0.1) is 22.3 Å². The van der Waals surface area contributed by atoms with Crippen LogP contribution in [0, 0.1) is 0 Å². The van der Waals surface area contributed by atoms with Crippen molar-refractivity contribution in [1.82, 2.24) is 0 Å². The number of benzene rings is 9. The van der Waals surface area contributed by atoms with Crippen molar-refractivity contribution in [3.63, 3.8) is 0 Å². The number of hydrogen-bond acceptors (Lipinski definition) is 27. The summed E-state index contributed by atoms with van der Waals surface area (Å²) in [6.45, 7) is 0. The fourth-order valence-electron chi connectivity index (χ4n) is 8.88. The summed E-state index contributed by atoms with van der Waals surface area (Å²) in [6.07, 6.45) is 0. The van der Waals surface area contributed by atoms with E-state index in [1.807, 2.05) is 0 Å². The molecule has 0 amide bonds. The number of anilines is 1. The normalized spacial score (nSPS) is 13.4. The summed E-state index contributed by atoms with van der Waals surface area (Å²) < 4.78 is 252. The van der Waals surface area contributed by atoms with E-state index in [0.717, 1.165) is 36.4 Å². The Bertz CT molecular complexity index is 5670. The summed E-state index contributed by atoms with van der Waals surface area (Å²) in [5, 5.41) is 67.4. The average molecular weight is 1360 g/mol. The van der Waals surface area contributed by atoms with Gasteiger partial charge in [0.15, 0.2) is 17.2 Å². The van der Waals surface area contributed by atoms with E-state index in [1.54, 1.807) is 0 Å². The lowest BCUT2D eigenvalue weighted by atomic mass is 10.0. The van der Waals surface area contributed by atoms with Crippen LogP contribution in [-0.2, 0) is 70.8 Å². The van der Waals surface area contributed by atoms with E-state index in [4.69, 9.17) is 5.73 Å². The number of carbonyl (C=O) groups is 1. The van der Waals surface area contributed by atoms with Gasteiger partial charge in [-0.2, -0.15) is 58.9 Å². The topological polar surface area (TPSA) is 603 Å². The van der Waals surface area contributed by atoms with Gasteiger partial charge in [-0.15, -0.1) is 40.9 Å². The zero-order valence-corrected chi connectivity index (χ0v) is 48.7. The molecule has 0 saturated carbocycles. The molecule has 13 N–H and O–H groups in total. The van der Waals surface area contributed by atoms with E-state index in [0.29, 0.717) is 30.3 Å². The Labute approximate surface area is 497 Å². The SMILES string of the molecule is Nc1c(N=Nc2ccc3c(O)c(N=Nc4ccc(S(=O)(=O)O)c5ccccc45)c(S(=O)(=O)O)cc3c2S(=O)(=O)O)cc(S(=O)(=O)O)c2cc(S(=O)(=O)O)c(N=Nc3ccc4c(O)c(N=Nc5ccccc5C(=O)O)c(S(=O)(=O)O)cc4c3S(=O)(=O)O)c(O)c12. The molecule has 0 aliphatic heterocycles. The monoisotopic (exact) mass is 1360 g/mol. The van der Waals surface area contributed by atoms with Gasteiger partial charge in [0.2, 0.25) is 0 Å². The molecule has 0 saturated heterocycles. The van der Waals surface area contributed by atoms with Crippen LogP contribution in [0.25, 0.3) is 43.1 Å². The molecule has 0 aromatic heterocycles. The molecule has 9 aromatic carbocycles. The van der Waals surface area contributed by atoms with Crippen molar-refractivity contribution < 1.29 is 116 Å². The Morgan fingerprint density at radius 2 is 0.697 bits per heavy atom. The zero-order chi connectivity index (χ0) is 65.6. The number of nitrogen functional groups attached to an aromatic ring is 1. The molecule has 0 atom stereocenters. The van der Waals surface area contributed by atoms with Crippen LogP contribution in [0.15, 0.2) is 184 Å². The minimum absolute atomic E-state index is 0.00700. The standard InChI is InChI=1S/C47H31N9O26S7/c48-38-31(53-51-29-11-9-21-24(45(29)88(77,78)79)15-35(86(71,72)73)40(43(21)58)55-50-28-13-14-32(83(62,63)64)20-6-2-1-5-19(20)28)18-33(84(65,66)67)26-17-36(87(74,75)76)41(44(59)37(26)38)56-52-30-12-10-22-25(46(30)89(80,81)82)16-34(85(68,69)70)39(42(22)57)54-49-27-8-4-3-7-23(27)47(60)61/h1-18,57-59H,48H2,(H,60,61)(H,62,63,64)(H,65,66,67)(H,68,69,70)(H,71,72,73)(H,74,75,76)(H,77,78,79)(H,80,81,82). The molecule has 9 rings (SSSR count). The lowest BCUT2D eigenvalue weighted by Crippen LogP contribution is -2.05. The molecule has 462 valence electrons. The number of phenolic OH excluding ortho intramolecular Hbond substituents is 3. The maximum atomic E-state index is 13.2. The van der Waals surface area contributed by atoms with Crippen molar-refractivity contribution in [2.45, 2.75) is 34.3 Å². The van der Waals surface area contributed by atoms with Gasteiger partial charge in [-0.1, -0.05) is 36.4 Å². The van der Waals surface area contributed by atoms with E-state index in [1.165, 1.54) is 36.4 Å². The van der Waals surface area contributed by atoms with Crippen molar-refractivity contribution in [3.8, 4) is 17.2 Å². The molecule has 9 aromatic rings. The predicted molar refractivity (Wildman–Crippen MR) is 304 cm³/mol. The molecule has 0 unspecified atom stereocenters. The van der Waals surface area contributed by atoms with Gasteiger partial charge in [-0.05, 0) is 72.8 Å². The lowest BCUT2D eigenvalue weighted by molar-refractivity contribution is 0.0697. The number of hydrogen-bond donors (Lipinski definition) is 12. The van der Waals surface area contributed by atoms with Gasteiger partial charge in [-0.25, -0.2) is 4.79 Å². The number of carboxylic acid groups (broad SMARTS) is 1. The molecule has 0 bridgehead atoms. The Morgan fingerprint density at radius 1 is 0.326 bits per heavy atom. The van der Waals surface area contributed by atoms with Crippen LogP contribution in [0.2, 0.25) is 0 Å². The smallest absolute Gasteiger partial charge is 0.337 e. The van der Waals surface area contributed by atoms with E-state index in [9.17, 15) is 116 Å². The second-order valence-corrected chi connectivity index (χ2v) is 27.7. The molecule has 89 heavy (non-hydrogen) atoms. The van der Waals surface area contributed by atoms with Gasteiger partial charge in [0.1, 0.15) is 74.1 Å². The average Bonchev–Trinajstić information content (AvgIpc) is 0.769. The number of nitrogens with zero attached hydrogens (tertiary/aromatic N) is 8. The number of nitrogens with two attached hydrogens (primary N) is 1. The number of carboxylic acids is 1. The molecular formula is C47H31N9O26S7. The maximum Gasteiger partial charge on any atom is 0.337 e. The zero-order valence-electron chi connectivity index (χ0n) is 42.9. The Hall–Kier alpha value is -9.54. The van der Waals surface area contributed by atoms with Crippen molar-refractivity contribution in [3.05, 3.63) is 115 Å². The number of rotatable bonds is 16. The third-order valence-corrected chi connectivity index (χ3v) is 18.9. The minimum Gasteiger partial charge on any atom is -0.505 e. The number of aromatic hydroxyl groups is 3. The lowest BCUT2D eigenvalue weighted by Gasteiger charge is -2.15. The Morgan fingerprint density at radius 3 is 1.15 bits per heavy atom. The molecule has 0 radical (unpaired) electrons. The van der Waals surface area contributed by atoms with Crippen LogP contribution >= 0.6 is 0 Å². The predicted octanol–water partition coefficient (Wildman–Crippen LogP) is 9.09. The summed E-state index contributed by atoms with van der Waals surface area (Å²) in [7, 11) is -39.1. The summed E-state index contributed by atoms with van der Waals surface area (Å²) in [6, 6.07) is 16.1. The summed E-state index contributed by atoms with van der Waals surface area (Å²) in [5.41, 5.74) is -2.79. The first-order valence-electron chi connectivity index (χ1n) is 23.2. The third-order valence-electron chi connectivity index (χ3n) is 12.6. The fourth-order valence-corrected chi connectivity index (χ4v) is 13.9. The van der Waals surface area contributed by atoms with E-state index in [-0.39, 0.29) is 22.5 Å². The number of fused-ring (bicyclic) bond motifs is 4. The highest BCUT2D eigenvalue weighted by Crippen LogP contribution is 2.51. The summed E-state index contributed by atoms with van der Waals surface area (Å²) in [4.78, 5) is 2.34. The molecule has 0 aliphatic rings. The van der Waals surface area contributed by atoms with Crippen LogP contribution in [0.5, 0.6) is 17.2 Å². The molecule has 0 fully saturated rings. The Balaban J connectivity index is 1.21. The van der Waals surface area contributed by atoms with Crippen LogP contribution < -0.4 is 5.73 Å². The van der Waals surface area contributed by atoms with Gasteiger partial charge in [0.25, 0.3) is 70.8 Å². The van der Waals surface area contributed by atoms with Gasteiger partial charge in [0, 0.05) is 37.7 Å². The van der Waals surface area contributed by atoms with E-state index in [2.05, 4.69) is 40.9 Å². The van der Waals surface area contributed by atoms with Crippen LogP contribution in [0.3, 0.4) is 0 Å². The second-order valence-electron chi connectivity index (χ2n) is 18.0. The van der Waals surface area contributed by atoms with Crippen molar-refractivity contribution >= 4 is 171 Å². The third kappa shape index (κ3) is 12.3. The number of aromatic carboxylic acids is 1. The highest BCUT2D eigenvalue weighted by atomic mass is 32.2. The van der Waals surface area contributed by atoms with Crippen molar-refractivity contribution in [2.75, 3.05) is 5.73 Å². The molecule has 0 spiro atoms. The highest BCUT2D eigenvalue weighted by Gasteiger charge is 2.33. The number of azo groups is 4. The maximum absolute atomic E-state index is 13.2. The first-order chi connectivity index (χ1) is 41.1. The van der Waals surface area contributed by atoms with Gasteiger partial charge in [-0.3, -0.25) is 31.9 Å². The molecule has 42 heteroatoms. The molecule has 0 aliphatic carbocycles. The quantitative estimate of drug-likeness (QED) is 0.0244. The first-order valence-corrected chi connectivity index (χ1v) is 33.3. The second kappa shape index (κ2) is 22.2. The fraction of sp³-hybridized carbons (Fsp3) is 0. The highest BCUT2D eigenvalue weighted by molar-refractivity contribution is 7.87. The molecule has 35 nitrogen and oxygen atoms in total. The van der Waals surface area contributed by atoms with Crippen LogP contribution in [0.4, 0.5) is 51.2 Å².